The Balaban J connectivity index is 1.61. The van der Waals surface area contributed by atoms with Crippen LogP contribution in [0.15, 0.2) is 54.6 Å². The van der Waals surface area contributed by atoms with E-state index < -0.39 is 0 Å². The fraction of sp³-hybridized carbons (Fsp3) is 0.118. The summed E-state index contributed by atoms with van der Waals surface area (Å²) >= 11 is 12.2. The second kappa shape index (κ2) is 10.6. The molecule has 26 heavy (non-hydrogen) atoms. The Bertz CT molecular complexity index is 774. The van der Waals surface area contributed by atoms with Gasteiger partial charge in [0.05, 0.1) is 11.5 Å². The number of benzene rings is 2. The van der Waals surface area contributed by atoms with Crippen LogP contribution < -0.4 is 21.5 Å². The van der Waals surface area contributed by atoms with E-state index in [1.54, 1.807) is 36.4 Å². The molecule has 0 aliphatic rings. The van der Waals surface area contributed by atoms with Crippen LogP contribution in [0.5, 0.6) is 0 Å². The summed E-state index contributed by atoms with van der Waals surface area (Å²) in [6.07, 6.45) is 0. The number of carbonyl (C=O) groups is 2. The van der Waals surface area contributed by atoms with Crippen LogP contribution in [0.3, 0.4) is 0 Å². The normalized spacial score (nSPS) is 9.88. The summed E-state index contributed by atoms with van der Waals surface area (Å²) in [5.41, 5.74) is 6.48. The molecule has 136 valence electrons. The number of hydrogen-bond donors (Lipinski definition) is 4. The lowest BCUT2D eigenvalue weighted by atomic mass is 10.3. The predicted octanol–water partition coefficient (Wildman–Crippen LogP) is 3.03. The molecule has 9 heteroatoms. The van der Waals surface area contributed by atoms with Crippen molar-refractivity contribution >= 4 is 63.9 Å². The van der Waals surface area contributed by atoms with Gasteiger partial charge in [0.2, 0.25) is 11.8 Å². The van der Waals surface area contributed by atoms with E-state index in [2.05, 4.69) is 21.5 Å². The molecule has 0 aliphatic heterocycles. The average molecular weight is 409 g/mol. The lowest BCUT2D eigenvalue weighted by molar-refractivity contribution is -0.119. The Morgan fingerprint density at radius 2 is 1.58 bits per heavy atom. The molecule has 0 unspecified atom stereocenters. The van der Waals surface area contributed by atoms with Gasteiger partial charge in [-0.25, -0.2) is 0 Å². The number of amides is 2. The zero-order valence-electron chi connectivity index (χ0n) is 13.6. The fourth-order valence-electron chi connectivity index (χ4n) is 1.85. The highest BCUT2D eigenvalue weighted by atomic mass is 35.5. The number of nitrogens with one attached hydrogen (secondary N) is 4. The minimum absolute atomic E-state index is 0.120. The van der Waals surface area contributed by atoms with Crippen molar-refractivity contribution in [1.82, 2.24) is 10.9 Å². The molecule has 0 heterocycles. The molecule has 2 amide bonds. The van der Waals surface area contributed by atoms with Crippen LogP contribution in [0.1, 0.15) is 0 Å². The standard InChI is InChI=1S/C17H17ClN4O2S2/c18-12-5-4-8-14(9-12)20-17(25)22-21-16(24)11-26-10-15(23)19-13-6-2-1-3-7-13/h1-9H,10-11H2,(H,19,23)(H,21,24)(H2,20,22,25). The maximum absolute atomic E-state index is 11.8. The van der Waals surface area contributed by atoms with Crippen molar-refractivity contribution < 1.29 is 9.59 Å². The maximum atomic E-state index is 11.8. The molecule has 4 N–H and O–H groups in total. The van der Waals surface area contributed by atoms with Gasteiger partial charge in [0.15, 0.2) is 5.11 Å². The van der Waals surface area contributed by atoms with Crippen LogP contribution in [0.25, 0.3) is 0 Å². The molecule has 2 aromatic rings. The number of rotatable bonds is 6. The minimum atomic E-state index is -0.294. The highest BCUT2D eigenvalue weighted by Crippen LogP contribution is 2.14. The number of halogens is 1. The van der Waals surface area contributed by atoms with E-state index in [0.29, 0.717) is 10.7 Å². The van der Waals surface area contributed by atoms with Crippen LogP contribution >= 0.6 is 35.6 Å². The summed E-state index contributed by atoms with van der Waals surface area (Å²) in [5, 5.41) is 6.44. The minimum Gasteiger partial charge on any atom is -0.331 e. The SMILES string of the molecule is O=C(CSCC(=O)Nc1ccccc1)NNC(=S)Nc1cccc(Cl)c1. The lowest BCUT2D eigenvalue weighted by Crippen LogP contribution is -2.44. The van der Waals surface area contributed by atoms with Crippen molar-refractivity contribution in [3.05, 3.63) is 59.6 Å². The first kappa shape index (κ1) is 20.0. The van der Waals surface area contributed by atoms with Crippen LogP contribution in [-0.4, -0.2) is 28.4 Å². The zero-order valence-corrected chi connectivity index (χ0v) is 16.0. The summed E-state index contributed by atoms with van der Waals surface area (Å²) in [6, 6.07) is 16.2. The van der Waals surface area contributed by atoms with Crippen LogP contribution in [0.4, 0.5) is 11.4 Å². The highest BCUT2D eigenvalue weighted by molar-refractivity contribution is 8.00. The van der Waals surface area contributed by atoms with Gasteiger partial charge in [0.25, 0.3) is 0 Å². The van der Waals surface area contributed by atoms with Crippen LogP contribution in [0.2, 0.25) is 5.02 Å². The molecule has 2 aromatic carbocycles. The molecular formula is C17H17ClN4O2S2. The van der Waals surface area contributed by atoms with Crippen molar-refractivity contribution in [2.24, 2.45) is 0 Å². The summed E-state index contributed by atoms with van der Waals surface area (Å²) < 4.78 is 0. The van der Waals surface area contributed by atoms with Gasteiger partial charge in [0, 0.05) is 16.4 Å². The number of anilines is 2. The van der Waals surface area contributed by atoms with E-state index >= 15 is 0 Å². The summed E-state index contributed by atoms with van der Waals surface area (Å²) in [5.74, 6) is -0.166. The highest BCUT2D eigenvalue weighted by Gasteiger charge is 2.06. The van der Waals surface area contributed by atoms with E-state index in [-0.39, 0.29) is 28.4 Å². The first-order valence-corrected chi connectivity index (χ1v) is 9.51. The smallest absolute Gasteiger partial charge is 0.248 e. The Hall–Kier alpha value is -2.29. The van der Waals surface area contributed by atoms with Gasteiger partial charge in [0.1, 0.15) is 0 Å². The van der Waals surface area contributed by atoms with Crippen molar-refractivity contribution in [3.8, 4) is 0 Å². The summed E-state index contributed by atoms with van der Waals surface area (Å²) in [4.78, 5) is 23.5. The van der Waals surface area contributed by atoms with Crippen LogP contribution in [0, 0.1) is 0 Å². The van der Waals surface area contributed by atoms with Crippen molar-refractivity contribution in [3.63, 3.8) is 0 Å². The Labute approximate surface area is 166 Å². The zero-order chi connectivity index (χ0) is 18.8. The Morgan fingerprint density at radius 3 is 2.31 bits per heavy atom. The van der Waals surface area contributed by atoms with Gasteiger partial charge < -0.3 is 10.6 Å². The largest absolute Gasteiger partial charge is 0.331 e. The van der Waals surface area contributed by atoms with E-state index in [0.717, 1.165) is 5.69 Å². The van der Waals surface area contributed by atoms with E-state index in [1.807, 2.05) is 18.2 Å². The quantitative estimate of drug-likeness (QED) is 0.434. The molecule has 0 spiro atoms. The topological polar surface area (TPSA) is 82.3 Å². The summed E-state index contributed by atoms with van der Waals surface area (Å²) in [6.45, 7) is 0. The lowest BCUT2D eigenvalue weighted by Gasteiger charge is -2.11. The van der Waals surface area contributed by atoms with Gasteiger partial charge in [-0.2, -0.15) is 0 Å². The van der Waals surface area contributed by atoms with E-state index in [9.17, 15) is 9.59 Å². The third kappa shape index (κ3) is 7.73. The molecule has 0 aliphatic carbocycles. The number of thiocarbonyl (C=S) groups is 1. The van der Waals surface area contributed by atoms with Crippen molar-refractivity contribution in [2.45, 2.75) is 0 Å². The van der Waals surface area contributed by atoms with Gasteiger partial charge in [-0.1, -0.05) is 35.9 Å². The molecule has 0 bridgehead atoms. The number of thioether (sulfide) groups is 1. The number of hydrogen-bond acceptors (Lipinski definition) is 4. The molecule has 0 saturated heterocycles. The maximum Gasteiger partial charge on any atom is 0.248 e. The number of para-hydroxylation sites is 1. The molecular weight excluding hydrogens is 392 g/mol. The van der Waals surface area contributed by atoms with Crippen molar-refractivity contribution in [1.29, 1.82) is 0 Å². The number of hydrazine groups is 1. The third-order valence-corrected chi connectivity index (χ3v) is 4.29. The van der Waals surface area contributed by atoms with Gasteiger partial charge in [-0.3, -0.25) is 20.4 Å². The first-order chi connectivity index (χ1) is 12.5. The monoisotopic (exact) mass is 408 g/mol. The van der Waals surface area contributed by atoms with Gasteiger partial charge >= 0.3 is 0 Å². The molecule has 0 aromatic heterocycles. The molecule has 2 rings (SSSR count). The molecule has 0 saturated carbocycles. The molecule has 0 radical (unpaired) electrons. The second-order valence-corrected chi connectivity index (χ2v) is 6.87. The Morgan fingerprint density at radius 1 is 0.885 bits per heavy atom. The van der Waals surface area contributed by atoms with E-state index in [4.69, 9.17) is 23.8 Å². The van der Waals surface area contributed by atoms with E-state index in [1.165, 1.54) is 11.8 Å². The molecule has 0 atom stereocenters. The second-order valence-electron chi connectivity index (χ2n) is 5.04. The van der Waals surface area contributed by atoms with Crippen LogP contribution in [-0.2, 0) is 9.59 Å². The fourth-order valence-corrected chi connectivity index (χ4v) is 2.82. The van der Waals surface area contributed by atoms with Gasteiger partial charge in [-0.15, -0.1) is 11.8 Å². The summed E-state index contributed by atoms with van der Waals surface area (Å²) in [7, 11) is 0. The molecule has 0 fully saturated rings. The van der Waals surface area contributed by atoms with Crippen molar-refractivity contribution in [2.75, 3.05) is 22.1 Å². The first-order valence-electron chi connectivity index (χ1n) is 7.57. The number of carbonyl (C=O) groups excluding carboxylic acids is 2. The van der Waals surface area contributed by atoms with Gasteiger partial charge in [-0.05, 0) is 42.5 Å². The average Bonchev–Trinajstić information content (AvgIpc) is 2.61. The third-order valence-electron chi connectivity index (χ3n) is 2.92. The molecule has 6 nitrogen and oxygen atoms in total. The predicted molar refractivity (Wildman–Crippen MR) is 111 cm³/mol. The Kier molecular flexibility index (Phi) is 8.20.